The molecule has 1 aromatic carbocycles. The van der Waals surface area contributed by atoms with E-state index in [9.17, 15) is 0 Å². The van der Waals surface area contributed by atoms with Crippen LogP contribution in [0.3, 0.4) is 0 Å². The Morgan fingerprint density at radius 2 is 2.04 bits per heavy atom. The molecule has 1 aromatic heterocycles. The molecule has 0 N–H and O–H groups in total. The van der Waals surface area contributed by atoms with Gasteiger partial charge in [-0.3, -0.25) is 0 Å². The van der Waals surface area contributed by atoms with Gasteiger partial charge in [0.1, 0.15) is 0 Å². The number of rotatable bonds is 3. The molecule has 0 saturated carbocycles. The van der Waals surface area contributed by atoms with E-state index in [1.54, 1.807) is 11.3 Å². The molecule has 3 heterocycles. The van der Waals surface area contributed by atoms with Gasteiger partial charge < -0.3 is 9.42 Å². The molecule has 2 aliphatic heterocycles. The molecule has 0 unspecified atom stereocenters. The molecule has 1 atom stereocenters. The molecule has 2 aromatic rings. The Labute approximate surface area is 151 Å². The van der Waals surface area contributed by atoms with Crippen molar-refractivity contribution in [1.82, 2.24) is 4.67 Å². The molecular formula is C17H20N3OPS2. The average molecular weight is 377 g/mol. The third-order valence-electron chi connectivity index (χ3n) is 4.40. The molecule has 4 nitrogen and oxygen atoms in total. The van der Waals surface area contributed by atoms with Crippen molar-refractivity contribution in [2.24, 2.45) is 4.99 Å². The van der Waals surface area contributed by atoms with Gasteiger partial charge in [-0.15, -0.1) is 11.3 Å². The number of fused-ring (bicyclic) bond motifs is 1. The molecule has 0 aliphatic carbocycles. The van der Waals surface area contributed by atoms with Crippen molar-refractivity contribution < 1.29 is 4.52 Å². The number of hydrogen-bond acceptors (Lipinski definition) is 5. The summed E-state index contributed by atoms with van der Waals surface area (Å²) in [5.74, 6) is 0.684. The summed E-state index contributed by atoms with van der Waals surface area (Å²) in [6, 6.07) is 10.4. The summed E-state index contributed by atoms with van der Waals surface area (Å²) in [7, 11) is 4.09. The Morgan fingerprint density at radius 3 is 2.71 bits per heavy atom. The standard InChI is InChI=1S/C17H20N3OPS2/c1-19(2)13-7-8-15-14(12-13)18-17(16-6-5-11-24-16)21-22(15,23)20-9-3-4-10-20/h5-8,11-12H,3-4,9-10H2,1-2H3/t22-/m1/s1. The highest BCUT2D eigenvalue weighted by molar-refractivity contribution is 8.15. The Kier molecular flexibility index (Phi) is 4.25. The van der Waals surface area contributed by atoms with E-state index >= 15 is 0 Å². The third-order valence-corrected chi connectivity index (χ3v) is 9.32. The number of benzene rings is 1. The molecule has 0 bridgehead atoms. The first-order valence-electron chi connectivity index (χ1n) is 8.07. The number of hydrogen-bond donors (Lipinski definition) is 0. The van der Waals surface area contributed by atoms with Gasteiger partial charge in [-0.1, -0.05) is 6.07 Å². The molecule has 1 fully saturated rings. The topological polar surface area (TPSA) is 28.1 Å². The smallest absolute Gasteiger partial charge is 0.236 e. The van der Waals surface area contributed by atoms with Gasteiger partial charge in [0.15, 0.2) is 0 Å². The fourth-order valence-electron chi connectivity index (χ4n) is 3.09. The summed E-state index contributed by atoms with van der Waals surface area (Å²) >= 11 is 7.80. The summed E-state index contributed by atoms with van der Waals surface area (Å²) < 4.78 is 8.80. The van der Waals surface area contributed by atoms with E-state index in [0.717, 1.165) is 34.6 Å². The highest BCUT2D eigenvalue weighted by Crippen LogP contribution is 2.56. The van der Waals surface area contributed by atoms with Crippen LogP contribution in [0.15, 0.2) is 40.7 Å². The van der Waals surface area contributed by atoms with E-state index in [1.165, 1.54) is 12.8 Å². The lowest BCUT2D eigenvalue weighted by Crippen LogP contribution is -2.29. The molecule has 0 spiro atoms. The van der Waals surface area contributed by atoms with Crippen molar-refractivity contribution >= 4 is 52.1 Å². The Hall–Kier alpha value is -1.20. The fraction of sp³-hybridized carbons (Fsp3) is 0.353. The van der Waals surface area contributed by atoms with Gasteiger partial charge in [0.25, 0.3) is 0 Å². The van der Waals surface area contributed by atoms with Gasteiger partial charge >= 0.3 is 0 Å². The third kappa shape index (κ3) is 2.72. The van der Waals surface area contributed by atoms with Crippen LogP contribution in [0.2, 0.25) is 0 Å². The first kappa shape index (κ1) is 16.3. The molecule has 7 heteroatoms. The van der Waals surface area contributed by atoms with Crippen LogP contribution in [0.1, 0.15) is 17.7 Å². The predicted molar refractivity (Wildman–Crippen MR) is 107 cm³/mol. The van der Waals surface area contributed by atoms with Crippen molar-refractivity contribution in [3.8, 4) is 0 Å². The minimum Gasteiger partial charge on any atom is -0.430 e. The molecule has 4 rings (SSSR count). The van der Waals surface area contributed by atoms with Crippen molar-refractivity contribution in [3.05, 3.63) is 40.6 Å². The summed E-state index contributed by atoms with van der Waals surface area (Å²) in [4.78, 5) is 7.95. The molecule has 24 heavy (non-hydrogen) atoms. The zero-order chi connectivity index (χ0) is 16.7. The monoisotopic (exact) mass is 377 g/mol. The van der Waals surface area contributed by atoms with E-state index in [1.807, 2.05) is 31.6 Å². The lowest BCUT2D eigenvalue weighted by Gasteiger charge is -2.35. The van der Waals surface area contributed by atoms with Gasteiger partial charge in [-0.25, -0.2) is 9.66 Å². The number of aliphatic imine (C=N–C) groups is 1. The number of thiophene rings is 1. The Bertz CT molecular complexity index is 826. The Balaban J connectivity index is 1.87. The molecular weight excluding hydrogens is 357 g/mol. The maximum absolute atomic E-state index is 6.43. The van der Waals surface area contributed by atoms with E-state index in [0.29, 0.717) is 5.90 Å². The van der Waals surface area contributed by atoms with Crippen LogP contribution in [-0.2, 0) is 16.3 Å². The van der Waals surface area contributed by atoms with Gasteiger partial charge in [0.2, 0.25) is 12.3 Å². The molecule has 2 aliphatic rings. The van der Waals surface area contributed by atoms with Crippen LogP contribution in [0.4, 0.5) is 11.4 Å². The zero-order valence-electron chi connectivity index (χ0n) is 13.8. The van der Waals surface area contributed by atoms with Crippen molar-refractivity contribution in [3.63, 3.8) is 0 Å². The molecule has 126 valence electrons. The highest BCUT2D eigenvalue weighted by Gasteiger charge is 2.38. The van der Waals surface area contributed by atoms with Crippen LogP contribution in [0.25, 0.3) is 0 Å². The highest BCUT2D eigenvalue weighted by atomic mass is 32.4. The SMILES string of the molecule is CN(C)c1ccc2c(c1)N=C(c1cccs1)O[P@]2(=S)N1CCCC1. The minimum absolute atomic E-state index is 0.684. The van der Waals surface area contributed by atoms with E-state index in [2.05, 4.69) is 27.8 Å². The van der Waals surface area contributed by atoms with Crippen LogP contribution >= 0.6 is 17.8 Å². The van der Waals surface area contributed by atoms with Gasteiger partial charge in [0, 0.05) is 32.9 Å². The van der Waals surface area contributed by atoms with E-state index < -0.39 is 6.42 Å². The van der Waals surface area contributed by atoms with E-state index in [-0.39, 0.29) is 0 Å². The predicted octanol–water partition coefficient (Wildman–Crippen LogP) is 3.95. The van der Waals surface area contributed by atoms with Gasteiger partial charge in [-0.05, 0) is 54.3 Å². The minimum atomic E-state index is -2.27. The second kappa shape index (κ2) is 6.26. The maximum atomic E-state index is 6.43. The number of anilines is 1. The first-order valence-corrected chi connectivity index (χ1v) is 11.6. The van der Waals surface area contributed by atoms with Crippen LogP contribution in [0, 0.1) is 0 Å². The van der Waals surface area contributed by atoms with Gasteiger partial charge in [0.05, 0.1) is 15.9 Å². The summed E-state index contributed by atoms with van der Waals surface area (Å²) in [5, 5.41) is 3.14. The zero-order valence-corrected chi connectivity index (χ0v) is 16.3. The molecule has 1 saturated heterocycles. The average Bonchev–Trinajstić information content (AvgIpc) is 3.27. The molecule has 0 amide bonds. The summed E-state index contributed by atoms with van der Waals surface area (Å²) in [6.07, 6.45) is 0.111. The fourth-order valence-corrected chi connectivity index (χ4v) is 7.33. The van der Waals surface area contributed by atoms with Crippen LogP contribution < -0.4 is 10.2 Å². The van der Waals surface area contributed by atoms with E-state index in [4.69, 9.17) is 21.3 Å². The lowest BCUT2D eigenvalue weighted by atomic mass is 10.2. The second-order valence-electron chi connectivity index (χ2n) is 6.23. The molecule has 0 radical (unpaired) electrons. The number of nitrogens with zero attached hydrogens (tertiary/aromatic N) is 3. The Morgan fingerprint density at radius 1 is 1.25 bits per heavy atom. The van der Waals surface area contributed by atoms with Crippen molar-refractivity contribution in [2.75, 3.05) is 32.1 Å². The van der Waals surface area contributed by atoms with Crippen LogP contribution in [-0.4, -0.2) is 37.8 Å². The second-order valence-corrected chi connectivity index (χ2v) is 10.9. The van der Waals surface area contributed by atoms with Crippen molar-refractivity contribution in [2.45, 2.75) is 12.8 Å². The van der Waals surface area contributed by atoms with Crippen LogP contribution in [0.5, 0.6) is 0 Å². The van der Waals surface area contributed by atoms with Crippen molar-refractivity contribution in [1.29, 1.82) is 0 Å². The quantitative estimate of drug-likeness (QED) is 0.757. The summed E-state index contributed by atoms with van der Waals surface area (Å²) in [6.45, 7) is 2.04. The maximum Gasteiger partial charge on any atom is 0.236 e. The normalized spacial score (nSPS) is 23.5. The lowest BCUT2D eigenvalue weighted by molar-refractivity contribution is 0.483. The summed E-state index contributed by atoms with van der Waals surface area (Å²) in [5.41, 5.74) is 2.10. The van der Waals surface area contributed by atoms with Gasteiger partial charge in [-0.2, -0.15) is 0 Å². The first-order chi connectivity index (χ1) is 11.6. The largest absolute Gasteiger partial charge is 0.430 e.